The lowest BCUT2D eigenvalue weighted by molar-refractivity contribution is 0.0277. The van der Waals surface area contributed by atoms with Crippen LogP contribution < -0.4 is 10.6 Å². The van der Waals surface area contributed by atoms with Crippen molar-refractivity contribution in [3.8, 4) is 11.6 Å². The average molecular weight is 502 g/mol. The van der Waals surface area contributed by atoms with Crippen LogP contribution >= 0.6 is 24.0 Å². The molecule has 3 N–H and O–H groups in total. The minimum Gasteiger partial charge on any atom is -0.461 e. The van der Waals surface area contributed by atoms with Gasteiger partial charge >= 0.3 is 0 Å². The number of rotatable bonds is 9. The molecular formula is C19H31IN6O2. The van der Waals surface area contributed by atoms with E-state index in [1.165, 1.54) is 32.1 Å². The predicted molar refractivity (Wildman–Crippen MR) is 120 cm³/mol. The summed E-state index contributed by atoms with van der Waals surface area (Å²) in [6.07, 6.45) is 9.45. The number of H-pyrrole nitrogens is 1. The minimum atomic E-state index is 0. The second-order valence-electron chi connectivity index (χ2n) is 6.69. The molecule has 0 spiro atoms. The van der Waals surface area contributed by atoms with Gasteiger partial charge < -0.3 is 19.8 Å². The highest BCUT2D eigenvalue weighted by Crippen LogP contribution is 2.20. The first-order valence-corrected chi connectivity index (χ1v) is 9.94. The summed E-state index contributed by atoms with van der Waals surface area (Å²) in [5, 5.41) is 13.6. The van der Waals surface area contributed by atoms with E-state index in [2.05, 4.69) is 30.8 Å². The predicted octanol–water partition coefficient (Wildman–Crippen LogP) is 3.48. The molecule has 2 heterocycles. The Morgan fingerprint density at radius 3 is 2.93 bits per heavy atom. The molecule has 0 aromatic carbocycles. The molecule has 28 heavy (non-hydrogen) atoms. The van der Waals surface area contributed by atoms with Crippen LogP contribution in [0.25, 0.3) is 11.6 Å². The quantitative estimate of drug-likeness (QED) is 0.210. The van der Waals surface area contributed by atoms with Gasteiger partial charge in [0, 0.05) is 19.7 Å². The fraction of sp³-hybridized carbons (Fsp3) is 0.632. The first-order chi connectivity index (χ1) is 13.3. The Kier molecular flexibility index (Phi) is 10.3. The molecule has 0 atom stereocenters. The topological polar surface area (TPSA) is 100 Å². The van der Waals surface area contributed by atoms with Gasteiger partial charge in [-0.3, -0.25) is 5.10 Å². The molecule has 1 fully saturated rings. The van der Waals surface area contributed by atoms with Gasteiger partial charge in [0.25, 0.3) is 0 Å². The van der Waals surface area contributed by atoms with Crippen molar-refractivity contribution >= 4 is 29.9 Å². The molecule has 9 heteroatoms. The number of ether oxygens (including phenoxy) is 1. The van der Waals surface area contributed by atoms with Crippen molar-refractivity contribution in [1.29, 1.82) is 0 Å². The molecule has 0 aliphatic heterocycles. The van der Waals surface area contributed by atoms with Crippen LogP contribution in [0.2, 0.25) is 0 Å². The summed E-state index contributed by atoms with van der Waals surface area (Å²) in [6, 6.07) is 3.64. The third-order valence-corrected chi connectivity index (χ3v) is 4.52. The lowest BCUT2D eigenvalue weighted by atomic mass is 9.98. The van der Waals surface area contributed by atoms with Gasteiger partial charge in [0.15, 0.2) is 11.7 Å². The first kappa shape index (κ1) is 22.7. The number of halogens is 1. The molecule has 3 rings (SSSR count). The molecular weight excluding hydrogens is 471 g/mol. The Morgan fingerprint density at radius 2 is 2.18 bits per heavy atom. The molecule has 0 unspecified atom stereocenters. The second kappa shape index (κ2) is 12.8. The van der Waals surface area contributed by atoms with Crippen molar-refractivity contribution in [3.63, 3.8) is 0 Å². The summed E-state index contributed by atoms with van der Waals surface area (Å²) in [5.41, 5.74) is 0. The van der Waals surface area contributed by atoms with Crippen molar-refractivity contribution in [3.05, 3.63) is 24.2 Å². The highest BCUT2D eigenvalue weighted by Gasteiger charge is 2.13. The largest absolute Gasteiger partial charge is 0.461 e. The van der Waals surface area contributed by atoms with Gasteiger partial charge in [0.2, 0.25) is 5.82 Å². The monoisotopic (exact) mass is 502 g/mol. The number of hydrogen-bond acceptors (Lipinski definition) is 5. The summed E-state index contributed by atoms with van der Waals surface area (Å²) in [7, 11) is 0. The summed E-state index contributed by atoms with van der Waals surface area (Å²) >= 11 is 0. The molecule has 0 bridgehead atoms. The van der Waals surface area contributed by atoms with Gasteiger partial charge in [-0.25, -0.2) is 9.98 Å². The number of nitrogens with one attached hydrogen (secondary N) is 3. The van der Waals surface area contributed by atoms with Crippen LogP contribution in [0.15, 0.2) is 27.8 Å². The summed E-state index contributed by atoms with van der Waals surface area (Å²) in [6.45, 7) is 4.89. The van der Waals surface area contributed by atoms with E-state index in [1.54, 1.807) is 6.26 Å². The number of aromatic amines is 1. The Morgan fingerprint density at radius 1 is 1.32 bits per heavy atom. The van der Waals surface area contributed by atoms with Crippen molar-refractivity contribution in [2.45, 2.75) is 58.1 Å². The first-order valence-electron chi connectivity index (χ1n) is 9.94. The van der Waals surface area contributed by atoms with E-state index in [0.29, 0.717) is 30.1 Å². The number of furan rings is 1. The fourth-order valence-corrected chi connectivity index (χ4v) is 3.14. The maximum absolute atomic E-state index is 5.96. The van der Waals surface area contributed by atoms with Crippen molar-refractivity contribution in [2.75, 3.05) is 19.7 Å². The maximum Gasteiger partial charge on any atom is 0.216 e. The number of aromatic nitrogens is 3. The summed E-state index contributed by atoms with van der Waals surface area (Å²) < 4.78 is 11.3. The number of aliphatic imine (C=N–C) groups is 1. The number of hydrogen-bond donors (Lipinski definition) is 3. The van der Waals surface area contributed by atoms with E-state index in [1.807, 2.05) is 19.1 Å². The molecule has 0 amide bonds. The summed E-state index contributed by atoms with van der Waals surface area (Å²) in [5.74, 6) is 2.65. The average Bonchev–Trinajstić information content (AvgIpc) is 3.38. The second-order valence-corrected chi connectivity index (χ2v) is 6.69. The van der Waals surface area contributed by atoms with Gasteiger partial charge in [0.1, 0.15) is 12.4 Å². The normalized spacial score (nSPS) is 15.2. The zero-order valence-electron chi connectivity index (χ0n) is 16.4. The van der Waals surface area contributed by atoms with Gasteiger partial charge in [-0.15, -0.1) is 29.1 Å². The molecule has 1 saturated carbocycles. The lowest BCUT2D eigenvalue weighted by Gasteiger charge is -2.22. The summed E-state index contributed by atoms with van der Waals surface area (Å²) in [4.78, 5) is 8.96. The minimum absolute atomic E-state index is 0. The van der Waals surface area contributed by atoms with Crippen LogP contribution in [0.3, 0.4) is 0 Å². The lowest BCUT2D eigenvalue weighted by Crippen LogP contribution is -2.38. The smallest absolute Gasteiger partial charge is 0.216 e. The molecule has 1 aliphatic rings. The van der Waals surface area contributed by atoms with Gasteiger partial charge in [-0.2, -0.15) is 0 Å². The van der Waals surface area contributed by atoms with Gasteiger partial charge in [-0.1, -0.05) is 19.3 Å². The van der Waals surface area contributed by atoms with E-state index in [4.69, 9.17) is 9.15 Å². The molecule has 2 aromatic rings. The number of nitrogens with zero attached hydrogens (tertiary/aromatic N) is 3. The Labute approximate surface area is 183 Å². The van der Waals surface area contributed by atoms with Crippen molar-refractivity contribution < 1.29 is 9.15 Å². The third kappa shape index (κ3) is 7.42. The highest BCUT2D eigenvalue weighted by atomic mass is 127. The highest BCUT2D eigenvalue weighted by molar-refractivity contribution is 14.0. The van der Waals surface area contributed by atoms with Crippen LogP contribution in [-0.4, -0.2) is 46.9 Å². The van der Waals surface area contributed by atoms with Crippen molar-refractivity contribution in [2.24, 2.45) is 4.99 Å². The van der Waals surface area contributed by atoms with Crippen LogP contribution in [0.1, 0.15) is 51.3 Å². The standard InChI is InChI=1S/C19H30N6O2.HI/c1-2-20-19(21-11-7-13-26-15-8-4-3-5-9-15)22-14-17-23-18(25-24-17)16-10-6-12-27-16;/h6,10,12,15H,2-5,7-9,11,13-14H2,1H3,(H2,20,21,22)(H,23,24,25);1H. The van der Waals surface area contributed by atoms with Crippen molar-refractivity contribution in [1.82, 2.24) is 25.8 Å². The third-order valence-electron chi connectivity index (χ3n) is 4.52. The molecule has 156 valence electrons. The fourth-order valence-electron chi connectivity index (χ4n) is 3.14. The Balaban J connectivity index is 0.00000280. The molecule has 2 aromatic heterocycles. The zero-order chi connectivity index (χ0) is 18.7. The molecule has 1 aliphatic carbocycles. The van der Waals surface area contributed by atoms with E-state index >= 15 is 0 Å². The van der Waals surface area contributed by atoms with E-state index in [9.17, 15) is 0 Å². The van der Waals surface area contributed by atoms with Gasteiger partial charge in [-0.05, 0) is 38.3 Å². The van der Waals surface area contributed by atoms with E-state index in [-0.39, 0.29) is 24.0 Å². The van der Waals surface area contributed by atoms with E-state index < -0.39 is 0 Å². The van der Waals surface area contributed by atoms with Crippen LogP contribution in [0.4, 0.5) is 0 Å². The van der Waals surface area contributed by atoms with Gasteiger partial charge in [0.05, 0.1) is 12.4 Å². The zero-order valence-corrected chi connectivity index (χ0v) is 18.8. The van der Waals surface area contributed by atoms with Crippen LogP contribution in [0, 0.1) is 0 Å². The molecule has 0 radical (unpaired) electrons. The maximum atomic E-state index is 5.96. The SMILES string of the molecule is CCNC(=NCc1nc(-c2ccco2)n[nH]1)NCCCOC1CCCCC1.I. The van der Waals surface area contributed by atoms with E-state index in [0.717, 1.165) is 32.1 Å². The Bertz CT molecular complexity index is 682. The molecule has 0 saturated heterocycles. The Hall–Kier alpha value is -1.62. The van der Waals surface area contributed by atoms with Crippen LogP contribution in [-0.2, 0) is 11.3 Å². The molecule has 8 nitrogen and oxygen atoms in total. The number of guanidine groups is 1. The van der Waals surface area contributed by atoms with Crippen LogP contribution in [0.5, 0.6) is 0 Å².